The fraction of sp³-hybridized carbons (Fsp3) is 0.231. The van der Waals surface area contributed by atoms with Crippen LogP contribution in [0.25, 0.3) is 10.2 Å². The largest absolute Gasteiger partial charge is 0.493 e. The number of thiophene rings is 1. The number of hydrogen-bond donors (Lipinski definition) is 1. The lowest BCUT2D eigenvalue weighted by Gasteiger charge is -2.13. The fourth-order valence-electron chi connectivity index (χ4n) is 3.62. The molecule has 0 saturated heterocycles. The Morgan fingerprint density at radius 3 is 2.50 bits per heavy atom. The Morgan fingerprint density at radius 1 is 1.06 bits per heavy atom. The van der Waals surface area contributed by atoms with E-state index in [1.165, 1.54) is 30.0 Å². The van der Waals surface area contributed by atoms with E-state index in [4.69, 9.17) is 9.47 Å². The summed E-state index contributed by atoms with van der Waals surface area (Å²) in [6.45, 7) is 1.89. The van der Waals surface area contributed by atoms with Crippen LogP contribution >= 0.6 is 23.1 Å². The molecule has 186 valence electrons. The summed E-state index contributed by atoms with van der Waals surface area (Å²) in [5.41, 5.74) is 2.65. The summed E-state index contributed by atoms with van der Waals surface area (Å²) >= 11 is 2.56. The van der Waals surface area contributed by atoms with Crippen molar-refractivity contribution in [2.24, 2.45) is 0 Å². The minimum atomic E-state index is -0.235. The number of ketones is 1. The predicted octanol–water partition coefficient (Wildman–Crippen LogP) is 4.65. The van der Waals surface area contributed by atoms with Crippen LogP contribution in [0, 0.1) is 0 Å². The number of nitrogens with zero attached hydrogens (tertiary/aromatic N) is 2. The highest BCUT2D eigenvalue weighted by Crippen LogP contribution is 2.28. The summed E-state index contributed by atoms with van der Waals surface area (Å²) in [5.74, 6) is 1.06. The number of amides is 1. The molecule has 0 bridgehead atoms. The first kappa shape index (κ1) is 25.5. The lowest BCUT2D eigenvalue weighted by atomic mass is 10.1. The van der Waals surface area contributed by atoms with Crippen LogP contribution in [0.2, 0.25) is 0 Å². The number of thioether (sulfide) groups is 1. The number of benzene rings is 2. The van der Waals surface area contributed by atoms with E-state index in [9.17, 15) is 14.4 Å². The zero-order valence-electron chi connectivity index (χ0n) is 20.1. The molecule has 2 aromatic heterocycles. The minimum Gasteiger partial charge on any atom is -0.493 e. The van der Waals surface area contributed by atoms with E-state index in [1.54, 1.807) is 49.1 Å². The van der Waals surface area contributed by atoms with Crippen LogP contribution in [-0.2, 0) is 17.8 Å². The first-order valence-electron chi connectivity index (χ1n) is 11.1. The third kappa shape index (κ3) is 5.77. The number of aromatic nitrogens is 2. The Balaban J connectivity index is 1.50. The second-order valence-corrected chi connectivity index (χ2v) is 9.75. The quantitative estimate of drug-likeness (QED) is 0.183. The highest BCUT2D eigenvalue weighted by atomic mass is 32.2. The summed E-state index contributed by atoms with van der Waals surface area (Å²) in [6.07, 6.45) is 0.571. The number of anilines is 1. The highest BCUT2D eigenvalue weighted by molar-refractivity contribution is 7.99. The van der Waals surface area contributed by atoms with Gasteiger partial charge in [0.15, 0.2) is 22.4 Å². The first-order valence-corrected chi connectivity index (χ1v) is 13.0. The molecule has 8 nitrogen and oxygen atoms in total. The van der Waals surface area contributed by atoms with Crippen LogP contribution in [0.3, 0.4) is 0 Å². The van der Waals surface area contributed by atoms with Crippen molar-refractivity contribution < 1.29 is 19.1 Å². The number of carbonyl (C=O) groups excluding carboxylic acids is 2. The number of fused-ring (bicyclic) bond motifs is 1. The van der Waals surface area contributed by atoms with Gasteiger partial charge in [-0.15, -0.1) is 11.3 Å². The summed E-state index contributed by atoms with van der Waals surface area (Å²) in [6, 6.07) is 14.2. The van der Waals surface area contributed by atoms with Gasteiger partial charge in [0.1, 0.15) is 4.70 Å². The molecule has 0 aliphatic rings. The maximum absolute atomic E-state index is 13.2. The minimum absolute atomic E-state index is 0.0376. The Hall–Kier alpha value is -3.63. The standard InChI is InChI=1S/C26H25N3O5S2/c1-16(30)18-5-7-19(8-6-18)27-23(31)15-36-26-28-20-11-13-35-24(20)25(32)29(26)12-10-17-4-9-21(33-2)22(14-17)34-3/h4-9,11,13-14H,10,12,15H2,1-3H3,(H,27,31). The Bertz CT molecular complexity index is 1460. The van der Waals surface area contributed by atoms with E-state index in [1.807, 2.05) is 23.6 Å². The van der Waals surface area contributed by atoms with Gasteiger partial charge in [-0.2, -0.15) is 0 Å². The molecule has 2 heterocycles. The molecule has 0 spiro atoms. The number of carbonyl (C=O) groups is 2. The lowest BCUT2D eigenvalue weighted by Crippen LogP contribution is -2.24. The van der Waals surface area contributed by atoms with Crippen LogP contribution in [0.15, 0.2) is 63.9 Å². The second kappa shape index (κ2) is 11.4. The number of rotatable bonds is 10. The molecular formula is C26H25N3O5S2. The van der Waals surface area contributed by atoms with Crippen molar-refractivity contribution >= 4 is 50.7 Å². The zero-order valence-corrected chi connectivity index (χ0v) is 21.7. The Morgan fingerprint density at radius 2 is 1.81 bits per heavy atom. The van der Waals surface area contributed by atoms with Crippen molar-refractivity contribution in [2.45, 2.75) is 25.0 Å². The van der Waals surface area contributed by atoms with Gasteiger partial charge in [-0.25, -0.2) is 4.98 Å². The molecule has 0 radical (unpaired) electrons. The van der Waals surface area contributed by atoms with Crippen molar-refractivity contribution in [1.82, 2.24) is 9.55 Å². The zero-order chi connectivity index (χ0) is 25.7. The molecule has 4 aromatic rings. The molecule has 0 fully saturated rings. The molecule has 2 aromatic carbocycles. The van der Waals surface area contributed by atoms with Gasteiger partial charge in [0.25, 0.3) is 5.56 Å². The Labute approximate surface area is 216 Å². The van der Waals surface area contributed by atoms with Gasteiger partial charge in [0.2, 0.25) is 5.91 Å². The van der Waals surface area contributed by atoms with Crippen LogP contribution in [0.4, 0.5) is 5.69 Å². The molecule has 0 unspecified atom stereocenters. The van der Waals surface area contributed by atoms with Crippen LogP contribution < -0.4 is 20.3 Å². The normalized spacial score (nSPS) is 10.9. The number of ether oxygens (including phenoxy) is 2. The van der Waals surface area contributed by atoms with Gasteiger partial charge in [-0.05, 0) is 66.8 Å². The van der Waals surface area contributed by atoms with Gasteiger partial charge >= 0.3 is 0 Å². The number of methoxy groups -OCH3 is 2. The van der Waals surface area contributed by atoms with E-state index in [0.29, 0.717) is 51.1 Å². The topological polar surface area (TPSA) is 99.5 Å². The lowest BCUT2D eigenvalue weighted by molar-refractivity contribution is -0.113. The molecule has 4 rings (SSSR count). The molecule has 0 aliphatic carbocycles. The van der Waals surface area contributed by atoms with Gasteiger partial charge in [-0.3, -0.25) is 19.0 Å². The van der Waals surface area contributed by atoms with E-state index in [2.05, 4.69) is 10.3 Å². The number of nitrogens with one attached hydrogen (secondary N) is 1. The fourth-order valence-corrected chi connectivity index (χ4v) is 5.23. The second-order valence-electron chi connectivity index (χ2n) is 7.90. The van der Waals surface area contributed by atoms with E-state index >= 15 is 0 Å². The van der Waals surface area contributed by atoms with Crippen molar-refractivity contribution in [1.29, 1.82) is 0 Å². The summed E-state index contributed by atoms with van der Waals surface area (Å²) < 4.78 is 12.9. The molecule has 1 N–H and O–H groups in total. The first-order chi connectivity index (χ1) is 17.4. The molecular weight excluding hydrogens is 498 g/mol. The van der Waals surface area contributed by atoms with Gasteiger partial charge in [-0.1, -0.05) is 17.8 Å². The summed E-state index contributed by atoms with van der Waals surface area (Å²) in [5, 5.41) is 5.13. The van der Waals surface area contributed by atoms with Crippen molar-refractivity contribution in [3.63, 3.8) is 0 Å². The van der Waals surface area contributed by atoms with Gasteiger partial charge < -0.3 is 14.8 Å². The smallest absolute Gasteiger partial charge is 0.272 e. The maximum Gasteiger partial charge on any atom is 0.272 e. The number of aryl methyl sites for hydroxylation is 1. The molecule has 36 heavy (non-hydrogen) atoms. The molecule has 0 aliphatic heterocycles. The van der Waals surface area contributed by atoms with Gasteiger partial charge in [0.05, 0.1) is 25.5 Å². The molecule has 0 saturated carbocycles. The Kier molecular flexibility index (Phi) is 8.07. The monoisotopic (exact) mass is 523 g/mol. The molecule has 1 amide bonds. The predicted molar refractivity (Wildman–Crippen MR) is 143 cm³/mol. The highest BCUT2D eigenvalue weighted by Gasteiger charge is 2.15. The van der Waals surface area contributed by atoms with Gasteiger partial charge in [0, 0.05) is 17.8 Å². The van der Waals surface area contributed by atoms with E-state index in [0.717, 1.165) is 5.56 Å². The third-order valence-electron chi connectivity index (χ3n) is 5.51. The van der Waals surface area contributed by atoms with Crippen molar-refractivity contribution in [3.05, 3.63) is 75.4 Å². The van der Waals surface area contributed by atoms with Crippen LogP contribution in [0.5, 0.6) is 11.5 Å². The van der Waals surface area contributed by atoms with Crippen LogP contribution in [-0.4, -0.2) is 41.2 Å². The molecule has 0 atom stereocenters. The van der Waals surface area contributed by atoms with E-state index < -0.39 is 0 Å². The number of Topliss-reactive ketones (excluding diaryl/α,β-unsaturated/α-hetero) is 1. The maximum atomic E-state index is 13.2. The van der Waals surface area contributed by atoms with Crippen molar-refractivity contribution in [2.75, 3.05) is 25.3 Å². The van der Waals surface area contributed by atoms with Crippen LogP contribution in [0.1, 0.15) is 22.8 Å². The third-order valence-corrected chi connectivity index (χ3v) is 7.38. The average Bonchev–Trinajstić information content (AvgIpc) is 3.36. The van der Waals surface area contributed by atoms with Crippen molar-refractivity contribution in [3.8, 4) is 11.5 Å². The average molecular weight is 524 g/mol. The van der Waals surface area contributed by atoms with E-state index in [-0.39, 0.29) is 23.0 Å². The number of hydrogen-bond acceptors (Lipinski definition) is 8. The summed E-state index contributed by atoms with van der Waals surface area (Å²) in [7, 11) is 3.16. The molecule has 10 heteroatoms. The SMILES string of the molecule is COc1ccc(CCn2c(SCC(=O)Nc3ccc(C(C)=O)cc3)nc3ccsc3c2=O)cc1OC. The summed E-state index contributed by atoms with van der Waals surface area (Å²) in [4.78, 5) is 41.9.